The van der Waals surface area contributed by atoms with E-state index in [9.17, 15) is 13.7 Å². The molecular weight excluding hydrogens is 396 g/mol. The highest BCUT2D eigenvalue weighted by Crippen LogP contribution is 2.26. The number of allylic oxidation sites excluding steroid dienone is 1. The molecule has 8 heteroatoms. The van der Waals surface area contributed by atoms with Gasteiger partial charge in [0.15, 0.2) is 4.91 Å². The second-order valence-electron chi connectivity index (χ2n) is 7.37. The fourth-order valence-electron chi connectivity index (χ4n) is 2.15. The van der Waals surface area contributed by atoms with E-state index in [1.54, 1.807) is 24.5 Å². The van der Waals surface area contributed by atoms with Gasteiger partial charge >= 0.3 is 0 Å². The molecule has 6 nitrogen and oxygen atoms in total. The first-order valence-corrected chi connectivity index (χ1v) is 10.5. The molecule has 0 aliphatic rings. The summed E-state index contributed by atoms with van der Waals surface area (Å²) in [6.45, 7) is 7.99. The van der Waals surface area contributed by atoms with Crippen LogP contribution in [0, 0.1) is 16.7 Å². The third-order valence-electron chi connectivity index (χ3n) is 4.31. The normalized spacial score (nSPS) is 13.9. The Labute approximate surface area is 171 Å². The fraction of sp³-hybridized carbons (Fsp3) is 0.300. The quantitative estimate of drug-likeness (QED) is 0.677. The van der Waals surface area contributed by atoms with Gasteiger partial charge in [-0.2, -0.15) is 5.26 Å². The van der Waals surface area contributed by atoms with Gasteiger partial charge in [0, 0.05) is 17.3 Å². The summed E-state index contributed by atoms with van der Waals surface area (Å²) in [6.07, 6.45) is 3.16. The zero-order valence-electron chi connectivity index (χ0n) is 16.2. The summed E-state index contributed by atoms with van der Waals surface area (Å²) < 4.78 is 26.2. The summed E-state index contributed by atoms with van der Waals surface area (Å²) in [5.41, 5.74) is 0.386. The van der Waals surface area contributed by atoms with Gasteiger partial charge in [0.1, 0.15) is 11.9 Å². The van der Waals surface area contributed by atoms with Crippen LogP contribution in [0.15, 0.2) is 64.4 Å². The number of halogens is 1. The van der Waals surface area contributed by atoms with Crippen LogP contribution in [0.25, 0.3) is 0 Å². The Balaban J connectivity index is 2.59. The molecule has 1 aromatic heterocycles. The highest BCUT2D eigenvalue weighted by molar-refractivity contribution is 7.95. The van der Waals surface area contributed by atoms with E-state index in [0.29, 0.717) is 10.7 Å². The summed E-state index contributed by atoms with van der Waals surface area (Å²) >= 11 is 5.86. The Morgan fingerprint density at radius 1 is 1.21 bits per heavy atom. The summed E-state index contributed by atoms with van der Waals surface area (Å²) in [6, 6.07) is 10.9. The van der Waals surface area contributed by atoms with Crippen molar-refractivity contribution in [3.05, 3.63) is 64.5 Å². The zero-order chi connectivity index (χ0) is 20.9. The van der Waals surface area contributed by atoms with Gasteiger partial charge in [-0.25, -0.2) is 8.42 Å². The molecule has 0 saturated carbocycles. The smallest absolute Gasteiger partial charge is 0.220 e. The molecule has 0 radical (unpaired) electrons. The number of aromatic nitrogens is 1. The van der Waals surface area contributed by atoms with Gasteiger partial charge < -0.3 is 10.6 Å². The first-order chi connectivity index (χ1) is 13.1. The van der Waals surface area contributed by atoms with Crippen molar-refractivity contribution in [3.63, 3.8) is 0 Å². The molecule has 0 aliphatic carbocycles. The van der Waals surface area contributed by atoms with E-state index in [-0.39, 0.29) is 22.2 Å². The van der Waals surface area contributed by atoms with Gasteiger partial charge in [0.05, 0.1) is 16.8 Å². The van der Waals surface area contributed by atoms with Crippen LogP contribution in [0.5, 0.6) is 0 Å². The molecule has 148 valence electrons. The maximum atomic E-state index is 13.1. The van der Waals surface area contributed by atoms with Crippen LogP contribution in [0.2, 0.25) is 5.02 Å². The molecule has 0 aliphatic heterocycles. The molecular formula is C20H23ClN4O2S. The largest absolute Gasteiger partial charge is 0.367 e. The van der Waals surface area contributed by atoms with Crippen molar-refractivity contribution in [1.82, 2.24) is 10.3 Å². The van der Waals surface area contributed by atoms with Crippen LogP contribution in [-0.2, 0) is 9.84 Å². The summed E-state index contributed by atoms with van der Waals surface area (Å²) in [4.78, 5) is 3.60. The van der Waals surface area contributed by atoms with Gasteiger partial charge in [-0.15, -0.1) is 0 Å². The van der Waals surface area contributed by atoms with E-state index in [4.69, 9.17) is 11.6 Å². The van der Waals surface area contributed by atoms with Crippen LogP contribution in [0.3, 0.4) is 0 Å². The first kappa shape index (κ1) is 21.7. The highest BCUT2D eigenvalue weighted by atomic mass is 35.5. The fourth-order valence-corrected chi connectivity index (χ4v) is 3.51. The van der Waals surface area contributed by atoms with Crippen molar-refractivity contribution >= 4 is 27.1 Å². The lowest BCUT2D eigenvalue weighted by atomic mass is 9.88. The molecule has 0 fully saturated rings. The summed E-state index contributed by atoms with van der Waals surface area (Å²) in [7, 11) is -4.06. The van der Waals surface area contributed by atoms with Crippen LogP contribution >= 0.6 is 11.6 Å². The Kier molecular flexibility index (Phi) is 6.70. The van der Waals surface area contributed by atoms with Gasteiger partial charge in [0.25, 0.3) is 0 Å². The number of nitrogens with zero attached hydrogens (tertiary/aromatic N) is 2. The predicted octanol–water partition coefficient (Wildman–Crippen LogP) is 4.34. The number of nitrogens with one attached hydrogen (secondary N) is 2. The monoisotopic (exact) mass is 418 g/mol. The molecule has 0 amide bonds. The van der Waals surface area contributed by atoms with Crippen LogP contribution in [-0.4, -0.2) is 19.4 Å². The Bertz CT molecular complexity index is 989. The molecule has 0 saturated heterocycles. The van der Waals surface area contributed by atoms with Crippen LogP contribution in [0.4, 0.5) is 5.69 Å². The maximum absolute atomic E-state index is 13.1. The molecule has 1 aromatic carbocycles. The predicted molar refractivity (Wildman–Crippen MR) is 111 cm³/mol. The number of hydrogen-bond donors (Lipinski definition) is 2. The van der Waals surface area contributed by atoms with Crippen molar-refractivity contribution in [2.75, 3.05) is 5.32 Å². The highest BCUT2D eigenvalue weighted by Gasteiger charge is 2.28. The van der Waals surface area contributed by atoms with Gasteiger partial charge in [-0.3, -0.25) is 4.98 Å². The molecule has 2 rings (SSSR count). The zero-order valence-corrected chi connectivity index (χ0v) is 17.8. The lowest BCUT2D eigenvalue weighted by Crippen LogP contribution is -2.40. The third kappa shape index (κ3) is 5.24. The lowest BCUT2D eigenvalue weighted by Gasteiger charge is -2.30. The SMILES string of the molecule is CC(N/C(Nc1cccnc1)=C(/C#N)S(=O)(=O)c1ccc(Cl)cc1)C(C)(C)C. The maximum Gasteiger partial charge on any atom is 0.220 e. The minimum Gasteiger partial charge on any atom is -0.367 e. The van der Waals surface area contributed by atoms with E-state index in [1.165, 1.54) is 24.3 Å². The van der Waals surface area contributed by atoms with Crippen molar-refractivity contribution in [2.24, 2.45) is 5.41 Å². The van der Waals surface area contributed by atoms with E-state index in [2.05, 4.69) is 15.6 Å². The van der Waals surface area contributed by atoms with E-state index >= 15 is 0 Å². The molecule has 2 N–H and O–H groups in total. The number of anilines is 1. The van der Waals surface area contributed by atoms with Crippen LogP contribution < -0.4 is 10.6 Å². The Morgan fingerprint density at radius 3 is 2.36 bits per heavy atom. The molecule has 2 aromatic rings. The van der Waals surface area contributed by atoms with Crippen molar-refractivity contribution in [1.29, 1.82) is 5.26 Å². The summed E-state index contributed by atoms with van der Waals surface area (Å²) in [5.74, 6) is 0.105. The topological polar surface area (TPSA) is 94.9 Å². The number of nitriles is 1. The van der Waals surface area contributed by atoms with Gasteiger partial charge in [0.2, 0.25) is 9.84 Å². The molecule has 28 heavy (non-hydrogen) atoms. The minimum atomic E-state index is -4.06. The lowest BCUT2D eigenvalue weighted by molar-refractivity contribution is 0.303. The Morgan fingerprint density at radius 2 is 1.86 bits per heavy atom. The number of rotatable bonds is 6. The molecule has 0 bridgehead atoms. The van der Waals surface area contributed by atoms with E-state index < -0.39 is 14.7 Å². The summed E-state index contributed by atoms with van der Waals surface area (Å²) in [5, 5.41) is 16.3. The van der Waals surface area contributed by atoms with E-state index in [1.807, 2.05) is 33.8 Å². The Hall–Kier alpha value is -2.56. The molecule has 1 heterocycles. The number of sulfone groups is 1. The minimum absolute atomic E-state index is 0.0100. The second-order valence-corrected chi connectivity index (χ2v) is 9.69. The number of hydrogen-bond acceptors (Lipinski definition) is 6. The van der Waals surface area contributed by atoms with Crippen molar-refractivity contribution in [3.8, 4) is 6.07 Å². The number of benzene rings is 1. The van der Waals surface area contributed by atoms with E-state index in [0.717, 1.165) is 0 Å². The average molecular weight is 419 g/mol. The van der Waals surface area contributed by atoms with Gasteiger partial charge in [-0.05, 0) is 48.7 Å². The molecule has 1 atom stereocenters. The first-order valence-electron chi connectivity index (χ1n) is 8.64. The van der Waals surface area contributed by atoms with Gasteiger partial charge in [-0.1, -0.05) is 32.4 Å². The number of pyridine rings is 1. The van der Waals surface area contributed by atoms with Crippen molar-refractivity contribution < 1.29 is 8.42 Å². The average Bonchev–Trinajstić information content (AvgIpc) is 2.62. The molecule has 1 unspecified atom stereocenters. The van der Waals surface area contributed by atoms with Crippen LogP contribution in [0.1, 0.15) is 27.7 Å². The second kappa shape index (κ2) is 8.63. The third-order valence-corrected chi connectivity index (χ3v) is 6.29. The molecule has 0 spiro atoms. The van der Waals surface area contributed by atoms with Crippen molar-refractivity contribution in [2.45, 2.75) is 38.6 Å². The standard InChI is InChI=1S/C20H23ClN4O2S/c1-14(20(2,3)4)24-19(25-16-6-5-11-23-13-16)18(12-22)28(26,27)17-9-7-15(21)8-10-17/h5-11,13-14,24-25H,1-4H3/b19-18+.